The number of pyridine rings is 1. The number of fused-ring (bicyclic) bond motifs is 1. The van der Waals surface area contributed by atoms with Gasteiger partial charge in [-0.3, -0.25) is 0 Å². The zero-order chi connectivity index (χ0) is 15.4. The van der Waals surface area contributed by atoms with Crippen LogP contribution in [0.15, 0.2) is 18.2 Å². The first-order valence-corrected chi connectivity index (χ1v) is 7.39. The molecule has 2 nitrogen and oxygen atoms in total. The average molecular weight is 293 g/mol. The van der Waals surface area contributed by atoms with Gasteiger partial charge in [0.2, 0.25) is 0 Å². The molecule has 1 aromatic heterocycles. The standard InChI is InChI=1S/C17H21F2NO/c1-4-6-12-13(7-5-2)16(17(18)19)20-15-9-8-11(21-3)10-14(12)15/h8-10,17H,4-7H2,1-3H3. The van der Waals surface area contributed by atoms with Crippen molar-refractivity contribution in [3.05, 3.63) is 35.0 Å². The minimum atomic E-state index is -2.53. The number of alkyl halides is 2. The Morgan fingerprint density at radius 1 is 1.10 bits per heavy atom. The molecule has 2 rings (SSSR count). The molecule has 2 aromatic rings. The zero-order valence-electron chi connectivity index (χ0n) is 12.7. The van der Waals surface area contributed by atoms with Crippen molar-refractivity contribution < 1.29 is 13.5 Å². The molecule has 0 unspecified atom stereocenters. The lowest BCUT2D eigenvalue weighted by Crippen LogP contribution is -2.06. The van der Waals surface area contributed by atoms with Gasteiger partial charge in [0, 0.05) is 5.39 Å². The molecule has 0 fully saturated rings. The predicted octanol–water partition coefficient (Wildman–Crippen LogP) is 5.09. The number of rotatable bonds is 6. The van der Waals surface area contributed by atoms with E-state index in [-0.39, 0.29) is 5.69 Å². The summed E-state index contributed by atoms with van der Waals surface area (Å²) < 4.78 is 32.0. The number of aromatic nitrogens is 1. The highest BCUT2D eigenvalue weighted by Gasteiger charge is 2.20. The highest BCUT2D eigenvalue weighted by Crippen LogP contribution is 2.33. The van der Waals surface area contributed by atoms with Crippen LogP contribution in [0.4, 0.5) is 8.78 Å². The highest BCUT2D eigenvalue weighted by atomic mass is 19.3. The van der Waals surface area contributed by atoms with Crippen LogP contribution < -0.4 is 4.74 Å². The summed E-state index contributed by atoms with van der Waals surface area (Å²) >= 11 is 0. The Balaban J connectivity index is 2.77. The molecule has 0 atom stereocenters. The average Bonchev–Trinajstić information content (AvgIpc) is 2.48. The van der Waals surface area contributed by atoms with E-state index < -0.39 is 6.43 Å². The molecule has 1 aromatic carbocycles. The van der Waals surface area contributed by atoms with Gasteiger partial charge in [0.15, 0.2) is 0 Å². The fourth-order valence-corrected chi connectivity index (χ4v) is 2.74. The topological polar surface area (TPSA) is 22.1 Å². The number of hydrogen-bond donors (Lipinski definition) is 0. The molecule has 21 heavy (non-hydrogen) atoms. The van der Waals surface area contributed by atoms with Crippen LogP contribution in [0, 0.1) is 0 Å². The molecule has 4 heteroatoms. The molecule has 0 aliphatic heterocycles. The molecule has 0 aliphatic rings. The number of hydrogen-bond acceptors (Lipinski definition) is 2. The van der Waals surface area contributed by atoms with E-state index in [0.29, 0.717) is 11.9 Å². The van der Waals surface area contributed by atoms with Crippen LogP contribution in [0.5, 0.6) is 5.75 Å². The largest absolute Gasteiger partial charge is 0.497 e. The van der Waals surface area contributed by atoms with E-state index in [1.807, 2.05) is 13.0 Å². The van der Waals surface area contributed by atoms with Gasteiger partial charge in [-0.1, -0.05) is 26.7 Å². The van der Waals surface area contributed by atoms with Crippen LogP contribution in [-0.2, 0) is 12.8 Å². The van der Waals surface area contributed by atoms with E-state index in [9.17, 15) is 8.78 Å². The summed E-state index contributed by atoms with van der Waals surface area (Å²) in [5.41, 5.74) is 2.28. The van der Waals surface area contributed by atoms with Crippen molar-refractivity contribution in [1.29, 1.82) is 0 Å². The van der Waals surface area contributed by atoms with E-state index in [1.165, 1.54) is 0 Å². The lowest BCUT2D eigenvalue weighted by molar-refractivity contribution is 0.145. The van der Waals surface area contributed by atoms with Crippen LogP contribution >= 0.6 is 0 Å². The summed E-state index contributed by atoms with van der Waals surface area (Å²) in [4.78, 5) is 4.21. The number of halogens is 2. The maximum absolute atomic E-state index is 13.4. The molecule has 0 saturated carbocycles. The Hall–Kier alpha value is -1.71. The maximum Gasteiger partial charge on any atom is 0.280 e. The fourth-order valence-electron chi connectivity index (χ4n) is 2.74. The quantitative estimate of drug-likeness (QED) is 0.740. The van der Waals surface area contributed by atoms with E-state index in [1.54, 1.807) is 19.2 Å². The third-order valence-corrected chi connectivity index (χ3v) is 3.65. The Bertz CT molecular complexity index is 626. The summed E-state index contributed by atoms with van der Waals surface area (Å²) in [6.45, 7) is 4.06. The van der Waals surface area contributed by atoms with Gasteiger partial charge in [-0.15, -0.1) is 0 Å². The Labute approximate surface area is 124 Å². The van der Waals surface area contributed by atoms with Crippen molar-refractivity contribution in [3.8, 4) is 5.75 Å². The molecule has 0 N–H and O–H groups in total. The SMILES string of the molecule is CCCc1c(C(F)F)nc2ccc(OC)cc2c1CCC. The van der Waals surface area contributed by atoms with Gasteiger partial charge in [0.1, 0.15) is 11.4 Å². The first-order valence-electron chi connectivity index (χ1n) is 7.39. The molecule has 0 saturated heterocycles. The second kappa shape index (κ2) is 6.83. The molecular formula is C17H21F2NO. The monoisotopic (exact) mass is 293 g/mol. The normalized spacial score (nSPS) is 11.3. The molecule has 1 heterocycles. The number of benzene rings is 1. The van der Waals surface area contributed by atoms with Gasteiger partial charge in [-0.2, -0.15) is 0 Å². The third-order valence-electron chi connectivity index (χ3n) is 3.65. The van der Waals surface area contributed by atoms with Gasteiger partial charge in [-0.05, 0) is 42.2 Å². The summed E-state index contributed by atoms with van der Waals surface area (Å²) in [7, 11) is 1.61. The predicted molar refractivity (Wildman–Crippen MR) is 81.2 cm³/mol. The number of nitrogens with zero attached hydrogens (tertiary/aromatic N) is 1. The number of aryl methyl sites for hydroxylation is 1. The van der Waals surface area contributed by atoms with Gasteiger partial charge in [0.25, 0.3) is 6.43 Å². The van der Waals surface area contributed by atoms with E-state index in [2.05, 4.69) is 11.9 Å². The smallest absolute Gasteiger partial charge is 0.280 e. The molecule has 0 bridgehead atoms. The molecule has 0 radical (unpaired) electrons. The number of ether oxygens (including phenoxy) is 1. The highest BCUT2D eigenvalue weighted by molar-refractivity contribution is 5.85. The molecule has 0 aliphatic carbocycles. The van der Waals surface area contributed by atoms with Gasteiger partial charge >= 0.3 is 0 Å². The second-order valence-electron chi connectivity index (χ2n) is 5.14. The van der Waals surface area contributed by atoms with Gasteiger partial charge in [-0.25, -0.2) is 13.8 Å². The Kier molecular flexibility index (Phi) is 5.10. The van der Waals surface area contributed by atoms with E-state index >= 15 is 0 Å². The molecule has 114 valence electrons. The van der Waals surface area contributed by atoms with Crippen molar-refractivity contribution in [2.45, 2.75) is 46.0 Å². The second-order valence-corrected chi connectivity index (χ2v) is 5.14. The summed E-state index contributed by atoms with van der Waals surface area (Å²) in [5.74, 6) is 0.730. The molecule has 0 amide bonds. The fraction of sp³-hybridized carbons (Fsp3) is 0.471. The summed E-state index contributed by atoms with van der Waals surface area (Å²) in [5, 5.41) is 0.934. The van der Waals surface area contributed by atoms with Crippen molar-refractivity contribution in [2.75, 3.05) is 7.11 Å². The minimum absolute atomic E-state index is 0.0574. The van der Waals surface area contributed by atoms with E-state index in [4.69, 9.17) is 4.74 Å². The maximum atomic E-state index is 13.4. The van der Waals surface area contributed by atoms with Crippen molar-refractivity contribution in [2.24, 2.45) is 0 Å². The van der Waals surface area contributed by atoms with Gasteiger partial charge in [0.05, 0.1) is 12.6 Å². The molecular weight excluding hydrogens is 272 g/mol. The van der Waals surface area contributed by atoms with Crippen LogP contribution in [0.25, 0.3) is 10.9 Å². The Morgan fingerprint density at radius 3 is 2.33 bits per heavy atom. The first kappa shape index (κ1) is 15.7. The third kappa shape index (κ3) is 3.14. The Morgan fingerprint density at radius 2 is 1.76 bits per heavy atom. The number of methoxy groups -OCH3 is 1. The van der Waals surface area contributed by atoms with Crippen LogP contribution in [0.1, 0.15) is 49.9 Å². The first-order chi connectivity index (χ1) is 10.1. The van der Waals surface area contributed by atoms with Crippen molar-refractivity contribution in [3.63, 3.8) is 0 Å². The van der Waals surface area contributed by atoms with Gasteiger partial charge < -0.3 is 4.74 Å². The van der Waals surface area contributed by atoms with E-state index in [0.717, 1.165) is 41.5 Å². The molecule has 0 spiro atoms. The van der Waals surface area contributed by atoms with Crippen molar-refractivity contribution in [1.82, 2.24) is 4.98 Å². The zero-order valence-corrected chi connectivity index (χ0v) is 12.7. The van der Waals surface area contributed by atoms with Crippen LogP contribution in [0.3, 0.4) is 0 Å². The minimum Gasteiger partial charge on any atom is -0.497 e. The summed E-state index contributed by atoms with van der Waals surface area (Å²) in [6, 6.07) is 5.43. The van der Waals surface area contributed by atoms with Crippen molar-refractivity contribution >= 4 is 10.9 Å². The lowest BCUT2D eigenvalue weighted by atomic mass is 9.94. The van der Waals surface area contributed by atoms with Crippen LogP contribution in [-0.4, -0.2) is 12.1 Å². The lowest BCUT2D eigenvalue weighted by Gasteiger charge is -2.17. The van der Waals surface area contributed by atoms with Crippen LogP contribution in [0.2, 0.25) is 0 Å². The summed E-state index contributed by atoms with van der Waals surface area (Å²) in [6.07, 6.45) is 0.619.